The molecule has 3 aromatic rings. The summed E-state index contributed by atoms with van der Waals surface area (Å²) in [5, 5.41) is 7.26. The zero-order valence-electron chi connectivity index (χ0n) is 17.7. The summed E-state index contributed by atoms with van der Waals surface area (Å²) in [5.41, 5.74) is 2.91. The van der Waals surface area contributed by atoms with Crippen LogP contribution in [0.4, 0.5) is 8.78 Å². The van der Waals surface area contributed by atoms with Crippen molar-refractivity contribution in [3.8, 4) is 11.3 Å². The van der Waals surface area contributed by atoms with Gasteiger partial charge in [-0.05, 0) is 50.6 Å². The molecular formula is C24H26F2N4O. The standard InChI is InChI=1S/C24H26F2N4O/c1-16-5-7-17(8-6-16)22(30-11-3-4-12-30)14-27-24(31)20-15-29(2)28-23(20)19-10-9-18(25)13-21(19)26/h5-10,13,15,22H,3-4,11-12,14H2,1-2H3,(H,27,31). The van der Waals surface area contributed by atoms with Gasteiger partial charge in [0, 0.05) is 31.4 Å². The van der Waals surface area contributed by atoms with E-state index in [1.807, 2.05) is 0 Å². The summed E-state index contributed by atoms with van der Waals surface area (Å²) in [6.07, 6.45) is 3.85. The van der Waals surface area contributed by atoms with Gasteiger partial charge in [0.1, 0.15) is 17.3 Å². The summed E-state index contributed by atoms with van der Waals surface area (Å²) in [7, 11) is 1.67. The predicted molar refractivity (Wildman–Crippen MR) is 116 cm³/mol. The molecule has 31 heavy (non-hydrogen) atoms. The van der Waals surface area contributed by atoms with Crippen molar-refractivity contribution in [1.82, 2.24) is 20.0 Å². The molecule has 1 unspecified atom stereocenters. The van der Waals surface area contributed by atoms with Crippen LogP contribution in [0.25, 0.3) is 11.3 Å². The van der Waals surface area contributed by atoms with Gasteiger partial charge >= 0.3 is 0 Å². The van der Waals surface area contributed by atoms with Crippen LogP contribution in [0.3, 0.4) is 0 Å². The van der Waals surface area contributed by atoms with Crippen molar-refractivity contribution in [1.29, 1.82) is 0 Å². The van der Waals surface area contributed by atoms with Crippen LogP contribution >= 0.6 is 0 Å². The molecule has 4 rings (SSSR count). The van der Waals surface area contributed by atoms with Gasteiger partial charge in [-0.2, -0.15) is 5.10 Å². The molecule has 162 valence electrons. The third-order valence-corrected chi connectivity index (χ3v) is 5.76. The molecule has 0 saturated carbocycles. The molecule has 0 radical (unpaired) electrons. The highest BCUT2D eigenvalue weighted by molar-refractivity contribution is 5.99. The van der Waals surface area contributed by atoms with Crippen LogP contribution < -0.4 is 5.32 Å². The monoisotopic (exact) mass is 424 g/mol. The molecule has 2 heterocycles. The Bertz CT molecular complexity index is 1070. The predicted octanol–water partition coefficient (Wildman–Crippen LogP) is 4.24. The highest BCUT2D eigenvalue weighted by Gasteiger charge is 2.26. The van der Waals surface area contributed by atoms with Gasteiger partial charge in [-0.3, -0.25) is 14.4 Å². The van der Waals surface area contributed by atoms with E-state index in [1.165, 1.54) is 16.3 Å². The number of halogens is 2. The van der Waals surface area contributed by atoms with Crippen molar-refractivity contribution in [2.75, 3.05) is 19.6 Å². The number of benzene rings is 2. The molecule has 1 N–H and O–H groups in total. The number of likely N-dealkylation sites (tertiary alicyclic amines) is 1. The normalized spacial score (nSPS) is 15.2. The second-order valence-electron chi connectivity index (χ2n) is 8.07. The van der Waals surface area contributed by atoms with E-state index in [1.54, 1.807) is 13.2 Å². The second kappa shape index (κ2) is 8.98. The maximum Gasteiger partial charge on any atom is 0.255 e. The molecule has 1 aliphatic heterocycles. The quantitative estimate of drug-likeness (QED) is 0.644. The molecule has 5 nitrogen and oxygen atoms in total. The van der Waals surface area contributed by atoms with Crippen molar-refractivity contribution in [2.45, 2.75) is 25.8 Å². The molecule has 1 atom stereocenters. The summed E-state index contributed by atoms with van der Waals surface area (Å²) in [5.74, 6) is -1.75. The lowest BCUT2D eigenvalue weighted by Crippen LogP contribution is -2.36. The first-order chi connectivity index (χ1) is 14.9. The molecule has 1 fully saturated rings. The fourth-order valence-electron chi connectivity index (χ4n) is 4.12. The van der Waals surface area contributed by atoms with Crippen LogP contribution in [0, 0.1) is 18.6 Å². The van der Waals surface area contributed by atoms with E-state index in [0.29, 0.717) is 6.54 Å². The maximum atomic E-state index is 14.3. The Labute approximate surface area is 180 Å². The summed E-state index contributed by atoms with van der Waals surface area (Å²) < 4.78 is 29.1. The summed E-state index contributed by atoms with van der Waals surface area (Å²) in [6.45, 7) is 4.47. The van der Waals surface area contributed by atoms with E-state index in [9.17, 15) is 13.6 Å². The number of nitrogens with one attached hydrogen (secondary N) is 1. The number of aryl methyl sites for hydroxylation is 2. The van der Waals surface area contributed by atoms with E-state index in [-0.39, 0.29) is 28.8 Å². The van der Waals surface area contributed by atoms with Crippen LogP contribution in [0.5, 0.6) is 0 Å². The lowest BCUT2D eigenvalue weighted by Gasteiger charge is -2.28. The van der Waals surface area contributed by atoms with Gasteiger partial charge in [0.2, 0.25) is 0 Å². The zero-order chi connectivity index (χ0) is 22.0. The molecule has 0 aliphatic carbocycles. The van der Waals surface area contributed by atoms with Gasteiger partial charge in [0.15, 0.2) is 0 Å². The summed E-state index contributed by atoms with van der Waals surface area (Å²) >= 11 is 0. The number of amides is 1. The molecule has 1 aliphatic rings. The van der Waals surface area contributed by atoms with Crippen LogP contribution in [0.2, 0.25) is 0 Å². The minimum atomic E-state index is -0.748. The molecular weight excluding hydrogens is 398 g/mol. The average molecular weight is 424 g/mol. The number of aromatic nitrogens is 2. The maximum absolute atomic E-state index is 14.3. The van der Waals surface area contributed by atoms with Gasteiger partial charge in [-0.1, -0.05) is 29.8 Å². The first-order valence-electron chi connectivity index (χ1n) is 10.5. The third kappa shape index (κ3) is 4.66. The van der Waals surface area contributed by atoms with Crippen LogP contribution in [0.15, 0.2) is 48.7 Å². The zero-order valence-corrected chi connectivity index (χ0v) is 17.7. The van der Waals surface area contributed by atoms with Gasteiger partial charge in [0.05, 0.1) is 11.6 Å². The van der Waals surface area contributed by atoms with E-state index in [4.69, 9.17) is 0 Å². The molecule has 0 spiro atoms. The SMILES string of the molecule is Cc1ccc(C(CNC(=O)c2cn(C)nc2-c2ccc(F)cc2F)N2CCCC2)cc1. The Morgan fingerprint density at radius 3 is 2.52 bits per heavy atom. The molecule has 7 heteroatoms. The lowest BCUT2D eigenvalue weighted by molar-refractivity contribution is 0.0938. The van der Waals surface area contributed by atoms with Gasteiger partial charge in [-0.15, -0.1) is 0 Å². The van der Waals surface area contributed by atoms with Crippen LogP contribution in [-0.2, 0) is 7.05 Å². The molecule has 0 bridgehead atoms. The average Bonchev–Trinajstić information content (AvgIpc) is 3.39. The van der Waals surface area contributed by atoms with Crippen molar-refractivity contribution in [3.05, 3.63) is 77.0 Å². The number of carbonyl (C=O) groups excluding carboxylic acids is 1. The Hall–Kier alpha value is -3.06. The van der Waals surface area contributed by atoms with E-state index in [0.717, 1.165) is 43.6 Å². The van der Waals surface area contributed by atoms with Gasteiger partial charge < -0.3 is 5.32 Å². The van der Waals surface area contributed by atoms with Crippen molar-refractivity contribution >= 4 is 5.91 Å². The fraction of sp³-hybridized carbons (Fsp3) is 0.333. The Kier molecular flexibility index (Phi) is 6.13. The first-order valence-corrected chi connectivity index (χ1v) is 10.5. The minimum absolute atomic E-state index is 0.0646. The van der Waals surface area contributed by atoms with Crippen molar-refractivity contribution in [3.63, 3.8) is 0 Å². The molecule has 1 aromatic heterocycles. The van der Waals surface area contributed by atoms with Gasteiger partial charge in [0.25, 0.3) is 5.91 Å². The third-order valence-electron chi connectivity index (χ3n) is 5.76. The number of hydrogen-bond donors (Lipinski definition) is 1. The largest absolute Gasteiger partial charge is 0.350 e. The van der Waals surface area contributed by atoms with Crippen molar-refractivity contribution < 1.29 is 13.6 Å². The molecule has 2 aromatic carbocycles. The smallest absolute Gasteiger partial charge is 0.255 e. The lowest BCUT2D eigenvalue weighted by atomic mass is 10.0. The Morgan fingerprint density at radius 2 is 1.84 bits per heavy atom. The summed E-state index contributed by atoms with van der Waals surface area (Å²) in [4.78, 5) is 15.4. The number of nitrogens with zero attached hydrogens (tertiary/aromatic N) is 3. The number of rotatable bonds is 6. The topological polar surface area (TPSA) is 50.2 Å². The van der Waals surface area contributed by atoms with Crippen molar-refractivity contribution in [2.24, 2.45) is 7.05 Å². The Balaban J connectivity index is 1.56. The van der Waals surface area contributed by atoms with E-state index >= 15 is 0 Å². The second-order valence-corrected chi connectivity index (χ2v) is 8.07. The number of carbonyl (C=O) groups is 1. The number of hydrogen-bond acceptors (Lipinski definition) is 3. The molecule has 1 saturated heterocycles. The highest BCUT2D eigenvalue weighted by Crippen LogP contribution is 2.27. The van der Waals surface area contributed by atoms with Crippen LogP contribution in [-0.4, -0.2) is 40.2 Å². The van der Waals surface area contributed by atoms with E-state index in [2.05, 4.69) is 46.5 Å². The minimum Gasteiger partial charge on any atom is -0.350 e. The van der Waals surface area contributed by atoms with Crippen LogP contribution in [0.1, 0.15) is 40.4 Å². The molecule has 1 amide bonds. The summed E-state index contributed by atoms with van der Waals surface area (Å²) in [6, 6.07) is 11.7. The highest BCUT2D eigenvalue weighted by atomic mass is 19.1. The van der Waals surface area contributed by atoms with E-state index < -0.39 is 11.6 Å². The van der Waals surface area contributed by atoms with Gasteiger partial charge in [-0.25, -0.2) is 8.78 Å². The Morgan fingerprint density at radius 1 is 1.13 bits per heavy atom. The fourth-order valence-corrected chi connectivity index (χ4v) is 4.12. The first kappa shape index (κ1) is 21.2.